The molecule has 0 bridgehead atoms. The van der Waals surface area contributed by atoms with E-state index in [1.807, 2.05) is 0 Å². The molecule has 0 spiro atoms. The van der Waals surface area contributed by atoms with Crippen LogP contribution < -0.4 is 0 Å². The fraction of sp³-hybridized carbons (Fsp3) is 1.00. The Balaban J connectivity index is -0.000000490. The summed E-state index contributed by atoms with van der Waals surface area (Å²) in [6, 6.07) is 0. The molecule has 10 nitrogen and oxygen atoms in total. The van der Waals surface area contributed by atoms with E-state index in [0.29, 0.717) is 0 Å². The number of nitrogens with zero attached hydrogens (tertiary/aromatic N) is 2. The Kier molecular flexibility index (Phi) is 11.2. The van der Waals surface area contributed by atoms with Crippen LogP contribution in [-0.4, -0.2) is 55.7 Å². The SMILES string of the molecule is O=S(=O)([N-]S(=O)(=O)C(F)(F)F)C(F)(F)F.O=S(=O)([N-]S(=O)(=O)C(F)(F)F)C(F)(F)F.[Ag]. The quantitative estimate of drug-likeness (QED) is 0.325. The molecule has 0 aromatic rings. The Labute approximate surface area is 179 Å². The van der Waals surface area contributed by atoms with E-state index in [1.54, 1.807) is 0 Å². The Morgan fingerprint density at radius 3 is 0.516 bits per heavy atom. The summed E-state index contributed by atoms with van der Waals surface area (Å²) >= 11 is 0. The van der Waals surface area contributed by atoms with E-state index >= 15 is 0 Å². The van der Waals surface area contributed by atoms with Crippen molar-refractivity contribution in [3.8, 4) is 0 Å². The van der Waals surface area contributed by atoms with E-state index in [0.717, 1.165) is 8.25 Å². The summed E-state index contributed by atoms with van der Waals surface area (Å²) in [6.45, 7) is 0. The molecule has 0 aromatic heterocycles. The van der Waals surface area contributed by atoms with Crippen LogP contribution in [0, 0.1) is 0 Å². The molecule has 0 unspecified atom stereocenters. The minimum absolute atomic E-state index is 0. The van der Waals surface area contributed by atoms with Crippen LogP contribution in [0.15, 0.2) is 0 Å². The number of hydrogen-bond acceptors (Lipinski definition) is 8. The van der Waals surface area contributed by atoms with Crippen LogP contribution in [0.25, 0.3) is 8.25 Å². The molecule has 0 aliphatic heterocycles. The maximum atomic E-state index is 11.4. The van der Waals surface area contributed by atoms with Crippen LogP contribution in [0.1, 0.15) is 0 Å². The summed E-state index contributed by atoms with van der Waals surface area (Å²) in [4.78, 5) is 0. The molecule has 0 aliphatic carbocycles. The van der Waals surface area contributed by atoms with Crippen molar-refractivity contribution in [3.63, 3.8) is 0 Å². The molecule has 0 saturated carbocycles. The van der Waals surface area contributed by atoms with Crippen LogP contribution in [0.2, 0.25) is 0 Å². The average Bonchev–Trinajstić information content (AvgIpc) is 2.30. The van der Waals surface area contributed by atoms with E-state index in [9.17, 15) is 86.4 Å². The van der Waals surface area contributed by atoms with E-state index < -0.39 is 62.1 Å². The van der Waals surface area contributed by atoms with Crippen molar-refractivity contribution in [2.24, 2.45) is 0 Å². The monoisotopic (exact) mass is 667 g/mol. The van der Waals surface area contributed by atoms with Crippen molar-refractivity contribution < 1.29 is 109 Å². The first kappa shape index (κ1) is 35.2. The van der Waals surface area contributed by atoms with Crippen molar-refractivity contribution >= 4 is 40.1 Å². The Hall–Kier alpha value is -0.380. The zero-order valence-corrected chi connectivity index (χ0v) is 17.4. The number of hydrogen-bond donors (Lipinski definition) is 0. The predicted octanol–water partition coefficient (Wildman–Crippen LogP) is 2.12. The predicted molar refractivity (Wildman–Crippen MR) is 66.6 cm³/mol. The van der Waals surface area contributed by atoms with Gasteiger partial charge in [-0.15, -0.1) is 0 Å². The van der Waals surface area contributed by atoms with Gasteiger partial charge >= 0.3 is 22.0 Å². The molecule has 0 aromatic carbocycles. The normalized spacial score (nSPS) is 14.8. The number of rotatable bonds is 4. The Morgan fingerprint density at radius 1 is 0.355 bits per heavy atom. The second-order valence-electron chi connectivity index (χ2n) is 3.83. The molecule has 27 heteroatoms. The van der Waals surface area contributed by atoms with E-state index in [-0.39, 0.29) is 22.4 Å². The molecular weight excluding hydrogens is 668 g/mol. The number of sulfonamides is 4. The summed E-state index contributed by atoms with van der Waals surface area (Å²) in [6.07, 6.45) is 0. The summed E-state index contributed by atoms with van der Waals surface area (Å²) in [5.74, 6) is 0. The van der Waals surface area contributed by atoms with Crippen molar-refractivity contribution in [3.05, 3.63) is 8.25 Å². The fourth-order valence-electron chi connectivity index (χ4n) is 0.427. The molecule has 0 saturated heterocycles. The fourth-order valence-corrected chi connectivity index (χ4v) is 3.85. The van der Waals surface area contributed by atoms with Gasteiger partial charge in [0.15, 0.2) is 40.1 Å². The van der Waals surface area contributed by atoms with Gasteiger partial charge in [-0.1, -0.05) is 0 Å². The van der Waals surface area contributed by atoms with Crippen molar-refractivity contribution in [2.75, 3.05) is 0 Å². The van der Waals surface area contributed by atoms with Crippen LogP contribution in [-0.2, 0) is 62.5 Å². The molecular formula is C4AgF12N2O8S4-2. The largest absolute Gasteiger partial charge is 0.480 e. The first-order valence-electron chi connectivity index (χ1n) is 5.15. The molecule has 0 fully saturated rings. The summed E-state index contributed by atoms with van der Waals surface area (Å²) < 4.78 is 218. The maximum Gasteiger partial charge on any atom is 0.480 e. The van der Waals surface area contributed by atoms with Crippen LogP contribution in [0.5, 0.6) is 0 Å². The van der Waals surface area contributed by atoms with Gasteiger partial charge in [0, 0.05) is 22.4 Å². The smallest absolute Gasteiger partial charge is 0.421 e. The Morgan fingerprint density at radius 2 is 0.452 bits per heavy atom. The van der Waals surface area contributed by atoms with E-state index in [1.165, 1.54) is 0 Å². The molecule has 0 rings (SSSR count). The molecule has 0 atom stereocenters. The van der Waals surface area contributed by atoms with E-state index in [4.69, 9.17) is 0 Å². The zero-order chi connectivity index (χ0) is 25.4. The Bertz CT molecular complexity index is 862. The minimum Gasteiger partial charge on any atom is -0.421 e. The molecule has 0 N–H and O–H groups in total. The zero-order valence-electron chi connectivity index (χ0n) is 12.6. The molecule has 195 valence electrons. The molecule has 0 aliphatic rings. The summed E-state index contributed by atoms with van der Waals surface area (Å²) in [7, 11) is -26.9. The van der Waals surface area contributed by atoms with Gasteiger partial charge in [-0.3, -0.25) is 0 Å². The van der Waals surface area contributed by atoms with Crippen molar-refractivity contribution in [1.82, 2.24) is 0 Å². The third-order valence-corrected chi connectivity index (χ3v) is 7.04. The topological polar surface area (TPSA) is 165 Å². The van der Waals surface area contributed by atoms with Gasteiger partial charge in [0.1, 0.15) is 0 Å². The second kappa shape index (κ2) is 9.85. The van der Waals surface area contributed by atoms with Gasteiger partial charge in [-0.05, 0) is 0 Å². The molecule has 1 radical (unpaired) electrons. The maximum absolute atomic E-state index is 11.4. The van der Waals surface area contributed by atoms with Crippen molar-refractivity contribution in [1.29, 1.82) is 0 Å². The van der Waals surface area contributed by atoms with E-state index in [2.05, 4.69) is 0 Å². The molecule has 31 heavy (non-hydrogen) atoms. The van der Waals surface area contributed by atoms with Crippen LogP contribution in [0.3, 0.4) is 0 Å². The minimum atomic E-state index is -6.72. The number of halogens is 12. The number of alkyl halides is 12. The van der Waals surface area contributed by atoms with Gasteiger partial charge in [0.2, 0.25) is 0 Å². The van der Waals surface area contributed by atoms with Gasteiger partial charge < -0.3 is 8.25 Å². The van der Waals surface area contributed by atoms with Gasteiger partial charge in [-0.2, -0.15) is 52.7 Å². The third-order valence-electron chi connectivity index (χ3n) is 1.56. The van der Waals surface area contributed by atoms with Gasteiger partial charge in [0.25, 0.3) is 0 Å². The first-order valence-corrected chi connectivity index (χ1v) is 10.9. The average molecular weight is 668 g/mol. The van der Waals surface area contributed by atoms with Gasteiger partial charge in [0.05, 0.1) is 0 Å². The molecule has 0 heterocycles. The summed E-state index contributed by atoms with van der Waals surface area (Å²) in [5, 5.41) is 0. The summed E-state index contributed by atoms with van der Waals surface area (Å²) in [5.41, 5.74) is -24.8. The first-order chi connectivity index (χ1) is 12.4. The second-order valence-corrected chi connectivity index (χ2v) is 10.7. The van der Waals surface area contributed by atoms with Crippen LogP contribution >= 0.6 is 0 Å². The van der Waals surface area contributed by atoms with Crippen molar-refractivity contribution in [2.45, 2.75) is 22.0 Å². The third kappa shape index (κ3) is 9.96. The molecule has 0 amide bonds. The van der Waals surface area contributed by atoms with Crippen LogP contribution in [0.4, 0.5) is 52.7 Å². The standard InChI is InChI=1S/2C2F6NO4S2.Ag/c2*3-1(4,5)14(10,11)9-15(12,13)2(6,7)8;/q2*-1;. The van der Waals surface area contributed by atoms with Gasteiger partial charge in [-0.25, -0.2) is 33.7 Å².